The number of amides is 3. The van der Waals surface area contributed by atoms with Crippen LogP contribution in [0.25, 0.3) is 0 Å². The number of hydrogen-bond acceptors (Lipinski definition) is 6. The van der Waals surface area contributed by atoms with Crippen LogP contribution in [-0.2, 0) is 30.5 Å². The molecular formula is C34H57N3O6. The number of esters is 1. The predicted molar refractivity (Wildman–Crippen MR) is 170 cm³/mol. The number of rotatable bonds is 23. The molecule has 9 heteroatoms. The van der Waals surface area contributed by atoms with Crippen LogP contribution in [-0.4, -0.2) is 41.6 Å². The van der Waals surface area contributed by atoms with Crippen molar-refractivity contribution in [3.63, 3.8) is 0 Å². The zero-order chi connectivity index (χ0) is 31.9. The third kappa shape index (κ3) is 21.3. The number of unbranched alkanes of at least 4 members (excludes halogenated alkanes) is 10. The van der Waals surface area contributed by atoms with Gasteiger partial charge < -0.3 is 25.8 Å². The zero-order valence-electron chi connectivity index (χ0n) is 27.1. The van der Waals surface area contributed by atoms with Gasteiger partial charge in [-0.25, -0.2) is 4.79 Å². The van der Waals surface area contributed by atoms with Gasteiger partial charge in [0.25, 0.3) is 0 Å². The molecule has 43 heavy (non-hydrogen) atoms. The van der Waals surface area contributed by atoms with Crippen LogP contribution in [0.15, 0.2) is 30.3 Å². The smallest absolute Gasteiger partial charge is 0.408 e. The lowest BCUT2D eigenvalue weighted by molar-refractivity contribution is -0.145. The minimum atomic E-state index is -0.940. The summed E-state index contributed by atoms with van der Waals surface area (Å²) >= 11 is 0. The Kier molecular flexibility index (Phi) is 19.8. The van der Waals surface area contributed by atoms with Crippen molar-refractivity contribution < 1.29 is 28.7 Å². The monoisotopic (exact) mass is 603 g/mol. The van der Waals surface area contributed by atoms with Crippen LogP contribution < -0.4 is 16.4 Å². The molecule has 0 aliphatic carbocycles. The maximum absolute atomic E-state index is 13.3. The van der Waals surface area contributed by atoms with Gasteiger partial charge in [-0.2, -0.15) is 0 Å². The van der Waals surface area contributed by atoms with E-state index in [2.05, 4.69) is 17.6 Å². The molecule has 0 aliphatic rings. The Balaban J connectivity index is 2.58. The van der Waals surface area contributed by atoms with Crippen molar-refractivity contribution in [3.05, 3.63) is 35.9 Å². The normalized spacial score (nSPS) is 12.7. The predicted octanol–water partition coefficient (Wildman–Crippen LogP) is 6.85. The average Bonchev–Trinajstić information content (AvgIpc) is 2.93. The number of nitrogens with two attached hydrogens (primary N) is 1. The van der Waals surface area contributed by atoms with Crippen molar-refractivity contribution in [1.29, 1.82) is 0 Å². The highest BCUT2D eigenvalue weighted by atomic mass is 16.6. The van der Waals surface area contributed by atoms with Gasteiger partial charge in [0.15, 0.2) is 0 Å². The lowest BCUT2D eigenvalue weighted by Gasteiger charge is -2.25. The van der Waals surface area contributed by atoms with Gasteiger partial charge in [0.2, 0.25) is 11.8 Å². The van der Waals surface area contributed by atoms with E-state index in [0.717, 1.165) is 24.8 Å². The van der Waals surface area contributed by atoms with Gasteiger partial charge in [-0.3, -0.25) is 14.4 Å². The van der Waals surface area contributed by atoms with Crippen LogP contribution in [0, 0.1) is 0 Å². The van der Waals surface area contributed by atoms with E-state index in [-0.39, 0.29) is 31.8 Å². The van der Waals surface area contributed by atoms with E-state index in [1.165, 1.54) is 51.4 Å². The number of primary amides is 1. The molecule has 244 valence electrons. The number of ether oxygens (including phenoxy) is 2. The standard InChI is InChI=1S/C34H57N3O6/c1-5-6-7-8-9-10-11-12-13-14-18-22-28(25-30(35)38)36-32(40)29(37-33(41)43-34(2,3)4)23-19-24-31(39)42-26-27-20-16-15-17-21-27/h15-17,20-21,28-29H,5-14,18-19,22-26H2,1-4H3,(H2,35,38)(H,36,40)(H,37,41)/t28-,29-/m0/s1. The van der Waals surface area contributed by atoms with Crippen molar-refractivity contribution in [2.45, 2.75) is 155 Å². The number of alkyl carbamates (subject to hydrolysis) is 1. The van der Waals surface area contributed by atoms with E-state index >= 15 is 0 Å². The molecular weight excluding hydrogens is 546 g/mol. The summed E-state index contributed by atoms with van der Waals surface area (Å²) in [4.78, 5) is 49.8. The number of nitrogens with one attached hydrogen (secondary N) is 2. The van der Waals surface area contributed by atoms with Gasteiger partial charge in [-0.1, -0.05) is 108 Å². The highest BCUT2D eigenvalue weighted by molar-refractivity contribution is 5.86. The highest BCUT2D eigenvalue weighted by Crippen LogP contribution is 2.15. The first-order valence-corrected chi connectivity index (χ1v) is 16.3. The van der Waals surface area contributed by atoms with Crippen molar-refractivity contribution in [2.24, 2.45) is 5.73 Å². The van der Waals surface area contributed by atoms with Gasteiger partial charge in [-0.05, 0) is 45.6 Å². The molecule has 0 bridgehead atoms. The Morgan fingerprint density at radius 2 is 1.37 bits per heavy atom. The average molecular weight is 604 g/mol. The van der Waals surface area contributed by atoms with Gasteiger partial charge in [0, 0.05) is 18.9 Å². The molecule has 9 nitrogen and oxygen atoms in total. The molecule has 0 saturated heterocycles. The maximum Gasteiger partial charge on any atom is 0.408 e. The fourth-order valence-corrected chi connectivity index (χ4v) is 4.80. The third-order valence-electron chi connectivity index (χ3n) is 7.07. The first kappa shape index (κ1) is 37.9. The molecule has 0 radical (unpaired) electrons. The van der Waals surface area contributed by atoms with Gasteiger partial charge >= 0.3 is 12.1 Å². The molecule has 0 aliphatic heterocycles. The summed E-state index contributed by atoms with van der Waals surface area (Å²) < 4.78 is 10.7. The minimum Gasteiger partial charge on any atom is -0.461 e. The minimum absolute atomic E-state index is 0.0223. The van der Waals surface area contributed by atoms with E-state index in [0.29, 0.717) is 12.8 Å². The summed E-state index contributed by atoms with van der Waals surface area (Å²) in [5.74, 6) is -1.31. The van der Waals surface area contributed by atoms with Gasteiger partial charge in [0.1, 0.15) is 18.2 Å². The SMILES string of the molecule is CCCCCCCCCCCCC[C@@H](CC(N)=O)NC(=O)[C@H](CCCC(=O)OCc1ccccc1)NC(=O)OC(C)(C)C. The number of carbonyl (C=O) groups is 4. The first-order valence-electron chi connectivity index (χ1n) is 16.3. The van der Waals surface area contributed by atoms with Crippen molar-refractivity contribution in [2.75, 3.05) is 0 Å². The van der Waals surface area contributed by atoms with Crippen molar-refractivity contribution in [1.82, 2.24) is 10.6 Å². The van der Waals surface area contributed by atoms with Gasteiger partial charge in [-0.15, -0.1) is 0 Å². The molecule has 0 spiro atoms. The van der Waals surface area contributed by atoms with Crippen LogP contribution in [0.1, 0.15) is 136 Å². The lowest BCUT2D eigenvalue weighted by Crippen LogP contribution is -2.51. The summed E-state index contributed by atoms with van der Waals surface area (Å²) in [6.07, 6.45) is 13.8. The van der Waals surface area contributed by atoms with Crippen LogP contribution in [0.2, 0.25) is 0 Å². The quantitative estimate of drug-likeness (QED) is 0.0924. The van der Waals surface area contributed by atoms with E-state index in [1.807, 2.05) is 30.3 Å². The second-order valence-electron chi connectivity index (χ2n) is 12.4. The molecule has 0 aromatic heterocycles. The molecule has 1 aromatic rings. The zero-order valence-corrected chi connectivity index (χ0v) is 27.1. The van der Waals surface area contributed by atoms with E-state index < -0.39 is 35.6 Å². The Bertz CT molecular complexity index is 932. The van der Waals surface area contributed by atoms with Gasteiger partial charge in [0.05, 0.1) is 0 Å². The van der Waals surface area contributed by atoms with Crippen LogP contribution in [0.3, 0.4) is 0 Å². The Labute approximate surface area is 259 Å². The van der Waals surface area contributed by atoms with Crippen LogP contribution in [0.4, 0.5) is 4.79 Å². The van der Waals surface area contributed by atoms with E-state index in [9.17, 15) is 19.2 Å². The highest BCUT2D eigenvalue weighted by Gasteiger charge is 2.26. The number of hydrogen-bond donors (Lipinski definition) is 3. The molecule has 0 fully saturated rings. The van der Waals surface area contributed by atoms with Crippen molar-refractivity contribution >= 4 is 23.9 Å². The topological polar surface area (TPSA) is 137 Å². The Morgan fingerprint density at radius 1 is 0.791 bits per heavy atom. The molecule has 0 saturated carbocycles. The second-order valence-corrected chi connectivity index (χ2v) is 12.4. The molecule has 2 atom stereocenters. The fraction of sp³-hybridized carbons (Fsp3) is 0.706. The fourth-order valence-electron chi connectivity index (χ4n) is 4.80. The largest absolute Gasteiger partial charge is 0.461 e. The van der Waals surface area contributed by atoms with Crippen LogP contribution >= 0.6 is 0 Å². The van der Waals surface area contributed by atoms with E-state index in [4.69, 9.17) is 15.2 Å². The Hall–Kier alpha value is -3.10. The Morgan fingerprint density at radius 3 is 1.93 bits per heavy atom. The summed E-state index contributed by atoms with van der Waals surface area (Å²) in [5, 5.41) is 5.54. The molecule has 4 N–H and O–H groups in total. The number of carbonyl (C=O) groups excluding carboxylic acids is 4. The molecule has 3 amide bonds. The molecule has 1 rings (SSSR count). The molecule has 0 unspecified atom stereocenters. The maximum atomic E-state index is 13.3. The third-order valence-corrected chi connectivity index (χ3v) is 7.07. The molecule has 0 heterocycles. The van der Waals surface area contributed by atoms with Crippen molar-refractivity contribution in [3.8, 4) is 0 Å². The second kappa shape index (κ2) is 22.4. The molecule has 1 aromatic carbocycles. The number of benzene rings is 1. The summed E-state index contributed by atoms with van der Waals surface area (Å²) in [7, 11) is 0. The lowest BCUT2D eigenvalue weighted by atomic mass is 10.0. The first-order chi connectivity index (χ1) is 20.5. The van der Waals surface area contributed by atoms with E-state index in [1.54, 1.807) is 20.8 Å². The summed E-state index contributed by atoms with van der Waals surface area (Å²) in [6, 6.07) is 8.01. The summed E-state index contributed by atoms with van der Waals surface area (Å²) in [5.41, 5.74) is 5.62. The van der Waals surface area contributed by atoms with Crippen LogP contribution in [0.5, 0.6) is 0 Å². The summed E-state index contributed by atoms with van der Waals surface area (Å²) in [6.45, 7) is 7.62.